The quantitative estimate of drug-likeness (QED) is 0.147. The highest BCUT2D eigenvalue weighted by Gasteiger charge is 2.53. The molecule has 210 valence electrons. The molecule has 16 heteroatoms. The van der Waals surface area contributed by atoms with E-state index < -0.39 is 111 Å². The Labute approximate surface area is 205 Å². The van der Waals surface area contributed by atoms with E-state index in [0.717, 1.165) is 6.92 Å². The predicted octanol–water partition coefficient (Wildman–Crippen LogP) is -6.40. The summed E-state index contributed by atoms with van der Waals surface area (Å²) >= 11 is 0. The summed E-state index contributed by atoms with van der Waals surface area (Å²) in [5.41, 5.74) is 0. The van der Waals surface area contributed by atoms with Gasteiger partial charge in [0.15, 0.2) is 18.9 Å². The molecule has 0 aromatic carbocycles. The van der Waals surface area contributed by atoms with Gasteiger partial charge < -0.3 is 75.0 Å². The van der Waals surface area contributed by atoms with Gasteiger partial charge in [0.2, 0.25) is 5.91 Å². The van der Waals surface area contributed by atoms with Gasteiger partial charge in [0.1, 0.15) is 67.1 Å². The number of nitrogens with one attached hydrogen (secondary N) is 1. The number of rotatable bonds is 7. The zero-order chi connectivity index (χ0) is 26.9. The summed E-state index contributed by atoms with van der Waals surface area (Å²) < 4.78 is 27.4. The lowest BCUT2D eigenvalue weighted by atomic mass is 9.95. The summed E-state index contributed by atoms with van der Waals surface area (Å²) in [5.74, 6) is -0.632. The van der Waals surface area contributed by atoms with E-state index in [0.29, 0.717) is 0 Å². The molecule has 0 aliphatic carbocycles. The smallest absolute Gasteiger partial charge is 0.217 e. The molecule has 16 nitrogen and oxygen atoms in total. The fraction of sp³-hybridized carbons (Fsp3) is 0.950. The van der Waals surface area contributed by atoms with E-state index in [2.05, 4.69) is 5.32 Å². The van der Waals surface area contributed by atoms with Gasteiger partial charge in [-0.05, 0) is 6.92 Å². The van der Waals surface area contributed by atoms with Gasteiger partial charge in [-0.2, -0.15) is 0 Å². The maximum Gasteiger partial charge on any atom is 0.217 e. The van der Waals surface area contributed by atoms with Crippen LogP contribution in [0, 0.1) is 0 Å². The number of carbonyl (C=O) groups is 1. The lowest BCUT2D eigenvalue weighted by Crippen LogP contribution is -2.68. The second-order valence-corrected chi connectivity index (χ2v) is 9.05. The van der Waals surface area contributed by atoms with Gasteiger partial charge in [-0.25, -0.2) is 0 Å². The second kappa shape index (κ2) is 12.2. The van der Waals surface area contributed by atoms with Crippen LogP contribution in [0.1, 0.15) is 13.8 Å². The van der Waals surface area contributed by atoms with E-state index in [1.54, 1.807) is 0 Å². The highest BCUT2D eigenvalue weighted by molar-refractivity contribution is 5.73. The number of hydrogen-bond acceptors (Lipinski definition) is 15. The summed E-state index contributed by atoms with van der Waals surface area (Å²) in [5, 5.41) is 93.8. The number of ether oxygens (including phenoxy) is 5. The van der Waals surface area contributed by atoms with Crippen LogP contribution in [0.15, 0.2) is 0 Å². The third-order valence-corrected chi connectivity index (χ3v) is 6.46. The molecule has 36 heavy (non-hydrogen) atoms. The summed E-state index contributed by atoms with van der Waals surface area (Å²) in [6.07, 6.45) is -22.2. The van der Waals surface area contributed by atoms with E-state index in [-0.39, 0.29) is 0 Å². The van der Waals surface area contributed by atoms with E-state index in [1.165, 1.54) is 6.92 Å². The standard InChI is InChI=1S/C20H35NO15/c1-5-10(25)13(28)15(30)19(32-5)36-17-14(29)11(26)7(3-22)34-20(17)35-16-9(21-6(2)24)18(31)33-8(4-23)12(16)27/h5,7-20,22-23,25-31H,3-4H2,1-2H3,(H,21,24)/t5-,7+,8+,9+,10+,11-,12-,13+,14-,15-,16+,17+,18?,19-,20-/m0/s1. The largest absolute Gasteiger partial charge is 0.394 e. The molecular formula is C20H35NO15. The number of aliphatic hydroxyl groups is 9. The summed E-state index contributed by atoms with van der Waals surface area (Å²) in [4.78, 5) is 11.7. The molecule has 0 bridgehead atoms. The van der Waals surface area contributed by atoms with Crippen molar-refractivity contribution in [2.24, 2.45) is 0 Å². The fourth-order valence-corrected chi connectivity index (χ4v) is 4.38. The van der Waals surface area contributed by atoms with Crippen LogP contribution in [0.4, 0.5) is 0 Å². The molecule has 1 amide bonds. The Hall–Kier alpha value is -1.09. The Kier molecular flexibility index (Phi) is 9.97. The maximum atomic E-state index is 11.7. The number of aliphatic hydroxyl groups excluding tert-OH is 9. The van der Waals surface area contributed by atoms with Crippen LogP contribution in [0.5, 0.6) is 0 Å². The molecule has 0 spiro atoms. The van der Waals surface area contributed by atoms with Gasteiger partial charge in [0.25, 0.3) is 0 Å². The average molecular weight is 529 g/mol. The Morgan fingerprint density at radius 2 is 1.31 bits per heavy atom. The lowest BCUT2D eigenvalue weighted by Gasteiger charge is -2.48. The number of carbonyl (C=O) groups excluding carboxylic acids is 1. The van der Waals surface area contributed by atoms with E-state index in [1.807, 2.05) is 0 Å². The molecule has 3 fully saturated rings. The van der Waals surface area contributed by atoms with Crippen molar-refractivity contribution in [1.29, 1.82) is 0 Å². The third-order valence-electron chi connectivity index (χ3n) is 6.46. The molecule has 3 heterocycles. The van der Waals surface area contributed by atoms with Crippen molar-refractivity contribution in [2.45, 2.75) is 106 Å². The van der Waals surface area contributed by atoms with E-state index in [9.17, 15) is 50.8 Å². The molecule has 0 radical (unpaired) electrons. The van der Waals surface area contributed by atoms with Gasteiger partial charge >= 0.3 is 0 Å². The van der Waals surface area contributed by atoms with Crippen LogP contribution in [0.25, 0.3) is 0 Å². The molecule has 0 aromatic rings. The first-order chi connectivity index (χ1) is 16.9. The molecule has 3 saturated heterocycles. The van der Waals surface area contributed by atoms with Crippen molar-refractivity contribution in [3.63, 3.8) is 0 Å². The SMILES string of the molecule is CC(=O)N[C@H]1C(O)O[C@H](CO)[C@H](O)[C@@H]1O[C@@H]1O[C@H](CO)[C@H](O)[C@H](O)[C@H]1O[C@@H]1O[C@@H](C)[C@@H](O)[C@@H](O)[C@@H]1O. The van der Waals surface area contributed by atoms with Crippen LogP contribution in [0.2, 0.25) is 0 Å². The minimum atomic E-state index is -1.83. The first-order valence-corrected chi connectivity index (χ1v) is 11.4. The normalized spacial score (nSPS) is 50.0. The third kappa shape index (κ3) is 5.97. The molecule has 0 saturated carbocycles. The summed E-state index contributed by atoms with van der Waals surface area (Å²) in [6.45, 7) is 1.00. The van der Waals surface area contributed by atoms with Crippen LogP contribution >= 0.6 is 0 Å². The Morgan fingerprint density at radius 1 is 0.722 bits per heavy atom. The summed E-state index contributed by atoms with van der Waals surface area (Å²) in [6, 6.07) is -1.39. The number of amides is 1. The Bertz CT molecular complexity index is 731. The first-order valence-electron chi connectivity index (χ1n) is 11.4. The number of hydrogen-bond donors (Lipinski definition) is 10. The van der Waals surface area contributed by atoms with Gasteiger partial charge in [0, 0.05) is 6.92 Å². The molecule has 10 N–H and O–H groups in total. The van der Waals surface area contributed by atoms with Crippen LogP contribution in [-0.4, -0.2) is 157 Å². The van der Waals surface area contributed by atoms with Gasteiger partial charge in [-0.3, -0.25) is 4.79 Å². The molecule has 15 atom stereocenters. The van der Waals surface area contributed by atoms with Gasteiger partial charge in [-0.15, -0.1) is 0 Å². The van der Waals surface area contributed by atoms with Crippen LogP contribution in [-0.2, 0) is 28.5 Å². The Balaban J connectivity index is 1.89. The molecule has 1 unspecified atom stereocenters. The zero-order valence-electron chi connectivity index (χ0n) is 19.5. The molecule has 0 aromatic heterocycles. The topological polar surface area (TPSA) is 257 Å². The highest BCUT2D eigenvalue weighted by atomic mass is 16.8. The van der Waals surface area contributed by atoms with E-state index >= 15 is 0 Å². The van der Waals surface area contributed by atoms with Crippen LogP contribution in [0.3, 0.4) is 0 Å². The highest BCUT2D eigenvalue weighted by Crippen LogP contribution is 2.32. The second-order valence-electron chi connectivity index (χ2n) is 9.05. The average Bonchev–Trinajstić information content (AvgIpc) is 2.83. The van der Waals surface area contributed by atoms with Gasteiger partial charge in [0.05, 0.1) is 19.3 Å². The van der Waals surface area contributed by atoms with Crippen molar-refractivity contribution in [3.05, 3.63) is 0 Å². The minimum Gasteiger partial charge on any atom is -0.394 e. The monoisotopic (exact) mass is 529 g/mol. The minimum absolute atomic E-state index is 0.632. The van der Waals surface area contributed by atoms with Crippen LogP contribution < -0.4 is 5.32 Å². The van der Waals surface area contributed by atoms with Crippen molar-refractivity contribution < 1.29 is 74.4 Å². The molecule has 3 aliphatic heterocycles. The van der Waals surface area contributed by atoms with Crippen molar-refractivity contribution in [2.75, 3.05) is 13.2 Å². The summed E-state index contributed by atoms with van der Waals surface area (Å²) in [7, 11) is 0. The fourth-order valence-electron chi connectivity index (χ4n) is 4.38. The zero-order valence-corrected chi connectivity index (χ0v) is 19.5. The van der Waals surface area contributed by atoms with Gasteiger partial charge in [-0.1, -0.05) is 0 Å². The lowest BCUT2D eigenvalue weighted by molar-refractivity contribution is -0.380. The van der Waals surface area contributed by atoms with Crippen molar-refractivity contribution in [1.82, 2.24) is 5.32 Å². The maximum absolute atomic E-state index is 11.7. The predicted molar refractivity (Wildman–Crippen MR) is 111 cm³/mol. The Morgan fingerprint density at radius 3 is 1.89 bits per heavy atom. The molecular weight excluding hydrogens is 494 g/mol. The molecule has 3 rings (SSSR count). The van der Waals surface area contributed by atoms with E-state index in [4.69, 9.17) is 23.7 Å². The van der Waals surface area contributed by atoms with Crippen molar-refractivity contribution >= 4 is 5.91 Å². The molecule has 3 aliphatic rings. The van der Waals surface area contributed by atoms with Crippen molar-refractivity contribution in [3.8, 4) is 0 Å². The first kappa shape index (κ1) is 29.5.